The molecule has 7 nitrogen and oxygen atoms in total. The number of anilines is 1. The first-order valence-electron chi connectivity index (χ1n) is 8.76. The number of rotatable bonds is 5. The Morgan fingerprint density at radius 3 is 2.62 bits per heavy atom. The van der Waals surface area contributed by atoms with Crippen molar-refractivity contribution >= 4 is 34.5 Å². The van der Waals surface area contributed by atoms with E-state index in [0.29, 0.717) is 5.69 Å². The molecule has 0 fully saturated rings. The van der Waals surface area contributed by atoms with Gasteiger partial charge in [-0.3, -0.25) is 14.9 Å². The van der Waals surface area contributed by atoms with Gasteiger partial charge in [0.05, 0.1) is 33.9 Å². The fraction of sp³-hybridized carbons (Fsp3) is 0.0476. The van der Waals surface area contributed by atoms with E-state index in [1.165, 1.54) is 23.1 Å². The number of non-ortho nitro benzene ring substituents is 1. The van der Waals surface area contributed by atoms with E-state index in [-0.39, 0.29) is 22.8 Å². The number of nitro benzene ring substituents is 1. The summed E-state index contributed by atoms with van der Waals surface area (Å²) >= 11 is 6.22. The van der Waals surface area contributed by atoms with Gasteiger partial charge in [-0.25, -0.2) is 4.98 Å². The number of aromatic nitrogens is 2. The Morgan fingerprint density at radius 1 is 1.10 bits per heavy atom. The van der Waals surface area contributed by atoms with Crippen LogP contribution in [0.15, 0.2) is 79.1 Å². The monoisotopic (exact) mass is 406 g/mol. The number of nitro groups is 1. The number of hydrogen-bond donors (Lipinski definition) is 0. The van der Waals surface area contributed by atoms with Crippen LogP contribution >= 0.6 is 11.6 Å². The molecule has 0 atom stereocenters. The van der Waals surface area contributed by atoms with Crippen LogP contribution in [0.25, 0.3) is 5.65 Å². The van der Waals surface area contributed by atoms with E-state index in [9.17, 15) is 14.9 Å². The zero-order valence-electron chi connectivity index (χ0n) is 15.1. The van der Waals surface area contributed by atoms with Crippen molar-refractivity contribution in [2.45, 2.75) is 6.54 Å². The molecule has 29 heavy (non-hydrogen) atoms. The highest BCUT2D eigenvalue weighted by atomic mass is 35.5. The van der Waals surface area contributed by atoms with Crippen LogP contribution in [0.5, 0.6) is 0 Å². The number of amides is 1. The van der Waals surface area contributed by atoms with Crippen molar-refractivity contribution in [3.05, 3.63) is 106 Å². The SMILES string of the molecule is O=C(c1cc([N+](=O)[O-])ccc1Cl)N(Cc1cnc2ccccn12)c1ccccc1. The lowest BCUT2D eigenvalue weighted by molar-refractivity contribution is -0.384. The third-order valence-corrected chi connectivity index (χ3v) is 4.85. The van der Waals surface area contributed by atoms with E-state index in [2.05, 4.69) is 4.98 Å². The van der Waals surface area contributed by atoms with Crippen LogP contribution in [0.1, 0.15) is 16.1 Å². The van der Waals surface area contributed by atoms with Crippen molar-refractivity contribution in [1.82, 2.24) is 9.38 Å². The van der Waals surface area contributed by atoms with Crippen LogP contribution in [-0.2, 0) is 6.54 Å². The first-order chi connectivity index (χ1) is 14.0. The molecule has 8 heteroatoms. The van der Waals surface area contributed by atoms with E-state index in [1.54, 1.807) is 18.3 Å². The fourth-order valence-corrected chi connectivity index (χ4v) is 3.29. The van der Waals surface area contributed by atoms with Gasteiger partial charge < -0.3 is 9.30 Å². The average molecular weight is 407 g/mol. The Balaban J connectivity index is 1.78. The van der Waals surface area contributed by atoms with E-state index in [4.69, 9.17) is 11.6 Å². The second-order valence-corrected chi connectivity index (χ2v) is 6.73. The maximum Gasteiger partial charge on any atom is 0.270 e. The zero-order chi connectivity index (χ0) is 20.4. The molecule has 144 valence electrons. The van der Waals surface area contributed by atoms with Gasteiger partial charge in [-0.2, -0.15) is 0 Å². The van der Waals surface area contributed by atoms with Crippen LogP contribution in [0.2, 0.25) is 5.02 Å². The summed E-state index contributed by atoms with van der Waals surface area (Å²) in [6.45, 7) is 0.215. The molecule has 0 spiro atoms. The summed E-state index contributed by atoms with van der Waals surface area (Å²) in [5.74, 6) is -0.434. The molecule has 0 aliphatic carbocycles. The van der Waals surface area contributed by atoms with Crippen LogP contribution in [0.4, 0.5) is 11.4 Å². The molecule has 0 N–H and O–H groups in total. The van der Waals surface area contributed by atoms with Crippen molar-refractivity contribution < 1.29 is 9.72 Å². The van der Waals surface area contributed by atoms with E-state index in [1.807, 2.05) is 47.0 Å². The summed E-state index contributed by atoms with van der Waals surface area (Å²) in [5, 5.41) is 11.3. The molecule has 0 saturated heterocycles. The smallest absolute Gasteiger partial charge is 0.270 e. The highest BCUT2D eigenvalue weighted by molar-refractivity contribution is 6.34. The molecule has 0 bridgehead atoms. The Bertz CT molecular complexity index is 1210. The van der Waals surface area contributed by atoms with Gasteiger partial charge in [0.25, 0.3) is 11.6 Å². The summed E-state index contributed by atoms with van der Waals surface area (Å²) in [5.41, 5.74) is 2.07. The third-order valence-electron chi connectivity index (χ3n) is 4.52. The second kappa shape index (κ2) is 7.73. The first-order valence-corrected chi connectivity index (χ1v) is 9.14. The molecule has 4 aromatic rings. The van der Waals surface area contributed by atoms with Gasteiger partial charge in [-0.15, -0.1) is 0 Å². The predicted molar refractivity (Wildman–Crippen MR) is 110 cm³/mol. The number of pyridine rings is 1. The molecule has 0 unspecified atom stereocenters. The van der Waals surface area contributed by atoms with Crippen LogP contribution in [0, 0.1) is 10.1 Å². The largest absolute Gasteiger partial charge is 0.302 e. The zero-order valence-corrected chi connectivity index (χ0v) is 15.9. The molecule has 0 aliphatic rings. The molecular weight excluding hydrogens is 392 g/mol. The summed E-state index contributed by atoms with van der Waals surface area (Å²) in [6, 6.07) is 18.6. The van der Waals surface area contributed by atoms with Crippen LogP contribution in [-0.4, -0.2) is 20.2 Å². The number of nitrogens with zero attached hydrogens (tertiary/aromatic N) is 4. The summed E-state index contributed by atoms with van der Waals surface area (Å²) in [7, 11) is 0. The van der Waals surface area contributed by atoms with Crippen LogP contribution in [0.3, 0.4) is 0 Å². The Hall–Kier alpha value is -3.71. The maximum atomic E-state index is 13.4. The highest BCUT2D eigenvalue weighted by Crippen LogP contribution is 2.27. The van der Waals surface area contributed by atoms with Crippen molar-refractivity contribution in [2.75, 3.05) is 4.90 Å². The van der Waals surface area contributed by atoms with Gasteiger partial charge in [0.2, 0.25) is 0 Å². The van der Waals surface area contributed by atoms with Crippen molar-refractivity contribution in [3.63, 3.8) is 0 Å². The van der Waals surface area contributed by atoms with Crippen molar-refractivity contribution in [3.8, 4) is 0 Å². The number of hydrogen-bond acceptors (Lipinski definition) is 4. The number of carbonyl (C=O) groups is 1. The van der Waals surface area contributed by atoms with Gasteiger partial charge in [-0.05, 0) is 30.3 Å². The lowest BCUT2D eigenvalue weighted by atomic mass is 10.1. The number of fused-ring (bicyclic) bond motifs is 1. The molecule has 0 aliphatic heterocycles. The fourth-order valence-electron chi connectivity index (χ4n) is 3.09. The molecule has 1 amide bonds. The maximum absolute atomic E-state index is 13.4. The van der Waals surface area contributed by atoms with Gasteiger partial charge in [-0.1, -0.05) is 35.9 Å². The molecule has 4 rings (SSSR count). The van der Waals surface area contributed by atoms with Gasteiger partial charge in [0, 0.05) is 24.0 Å². The lowest BCUT2D eigenvalue weighted by Crippen LogP contribution is -2.31. The Morgan fingerprint density at radius 2 is 1.86 bits per heavy atom. The van der Waals surface area contributed by atoms with Crippen molar-refractivity contribution in [1.29, 1.82) is 0 Å². The van der Waals surface area contributed by atoms with Gasteiger partial charge >= 0.3 is 0 Å². The Labute approximate surface area is 170 Å². The second-order valence-electron chi connectivity index (χ2n) is 6.33. The standard InChI is InChI=1S/C21H15ClN4O3/c22-19-10-9-16(26(28)29)12-18(19)21(27)25(15-6-2-1-3-7-15)14-17-13-23-20-8-4-5-11-24(17)20/h1-13H,14H2. The van der Waals surface area contributed by atoms with Gasteiger partial charge in [0.1, 0.15) is 5.65 Å². The summed E-state index contributed by atoms with van der Waals surface area (Å²) in [4.78, 5) is 29.9. The number of benzene rings is 2. The minimum absolute atomic E-state index is 0.0681. The van der Waals surface area contributed by atoms with E-state index >= 15 is 0 Å². The quantitative estimate of drug-likeness (QED) is 0.354. The van der Waals surface area contributed by atoms with E-state index < -0.39 is 10.8 Å². The minimum atomic E-state index is -0.551. The van der Waals surface area contributed by atoms with Gasteiger partial charge in [0.15, 0.2) is 0 Å². The molecule has 0 radical (unpaired) electrons. The summed E-state index contributed by atoms with van der Waals surface area (Å²) in [6.07, 6.45) is 3.57. The lowest BCUT2D eigenvalue weighted by Gasteiger charge is -2.23. The number of imidazole rings is 1. The topological polar surface area (TPSA) is 80.8 Å². The normalized spacial score (nSPS) is 10.8. The molecule has 2 heterocycles. The molecule has 2 aromatic carbocycles. The van der Waals surface area contributed by atoms with E-state index in [0.717, 1.165) is 11.3 Å². The number of carbonyl (C=O) groups excluding carboxylic acids is 1. The Kier molecular flexibility index (Phi) is 4.97. The predicted octanol–water partition coefficient (Wildman–Crippen LogP) is 4.74. The number of para-hydroxylation sites is 1. The third kappa shape index (κ3) is 3.68. The minimum Gasteiger partial charge on any atom is -0.302 e. The summed E-state index contributed by atoms with van der Waals surface area (Å²) < 4.78 is 1.89. The molecule has 2 aromatic heterocycles. The first kappa shape index (κ1) is 18.6. The highest BCUT2D eigenvalue weighted by Gasteiger charge is 2.24. The average Bonchev–Trinajstić information content (AvgIpc) is 3.15. The van der Waals surface area contributed by atoms with Crippen molar-refractivity contribution in [2.24, 2.45) is 0 Å². The van der Waals surface area contributed by atoms with Crippen LogP contribution < -0.4 is 4.90 Å². The molecular formula is C21H15ClN4O3. The molecule has 0 saturated carbocycles. The number of halogens is 1.